The molecule has 2 atom stereocenters. The Morgan fingerprint density at radius 2 is 2.05 bits per heavy atom. The normalized spacial score (nSPS) is 19.3. The molecule has 1 aliphatic rings. The Kier molecular flexibility index (Phi) is 7.36. The first kappa shape index (κ1) is 17.6. The summed E-state index contributed by atoms with van der Waals surface area (Å²) in [5, 5.41) is 5.77. The standard InChI is InChI=1S/C15H26N2O4/c1-4-5-8-12(18)21-15(20)13(10(2)3)17-14(19)11-7-6-9-16-11/h10-11,13,16H,4-9H2,1-3H3,(H,17,19)/t11-,13-/m0/s1. The third-order valence-electron chi connectivity index (χ3n) is 3.54. The van der Waals surface area contributed by atoms with Crippen molar-refractivity contribution in [2.45, 2.75) is 65.0 Å². The van der Waals surface area contributed by atoms with Gasteiger partial charge in [-0.2, -0.15) is 0 Å². The molecule has 6 heteroatoms. The molecule has 120 valence electrons. The van der Waals surface area contributed by atoms with Gasteiger partial charge in [0, 0.05) is 6.42 Å². The number of nitrogens with one attached hydrogen (secondary N) is 2. The first-order valence-electron chi connectivity index (χ1n) is 7.74. The molecular weight excluding hydrogens is 272 g/mol. The minimum absolute atomic E-state index is 0.137. The lowest BCUT2D eigenvalue weighted by molar-refractivity contribution is -0.162. The Balaban J connectivity index is 2.53. The molecule has 1 amide bonds. The van der Waals surface area contributed by atoms with Crippen molar-refractivity contribution in [3.63, 3.8) is 0 Å². The van der Waals surface area contributed by atoms with Gasteiger partial charge in [-0.3, -0.25) is 9.59 Å². The maximum atomic E-state index is 12.1. The first-order valence-corrected chi connectivity index (χ1v) is 7.74. The van der Waals surface area contributed by atoms with Gasteiger partial charge in [-0.1, -0.05) is 27.2 Å². The van der Waals surface area contributed by atoms with E-state index in [0.717, 1.165) is 25.8 Å². The molecule has 1 saturated heterocycles. The largest absolute Gasteiger partial charge is 0.392 e. The van der Waals surface area contributed by atoms with Gasteiger partial charge in [-0.25, -0.2) is 4.79 Å². The molecular formula is C15H26N2O4. The number of carbonyl (C=O) groups is 3. The summed E-state index contributed by atoms with van der Waals surface area (Å²) in [4.78, 5) is 35.6. The molecule has 0 aromatic heterocycles. The van der Waals surface area contributed by atoms with Crippen molar-refractivity contribution in [3.8, 4) is 0 Å². The molecule has 1 aliphatic heterocycles. The number of hydrogen-bond acceptors (Lipinski definition) is 5. The van der Waals surface area contributed by atoms with E-state index >= 15 is 0 Å². The summed E-state index contributed by atoms with van der Waals surface area (Å²) in [7, 11) is 0. The molecule has 6 nitrogen and oxygen atoms in total. The number of esters is 2. The van der Waals surface area contributed by atoms with Gasteiger partial charge in [0.15, 0.2) is 0 Å². The van der Waals surface area contributed by atoms with Gasteiger partial charge in [-0.05, 0) is 31.7 Å². The van der Waals surface area contributed by atoms with Gasteiger partial charge >= 0.3 is 11.9 Å². The molecule has 21 heavy (non-hydrogen) atoms. The van der Waals surface area contributed by atoms with E-state index < -0.39 is 18.0 Å². The van der Waals surface area contributed by atoms with Gasteiger partial charge in [0.05, 0.1) is 6.04 Å². The fourth-order valence-corrected chi connectivity index (χ4v) is 2.21. The predicted molar refractivity (Wildman–Crippen MR) is 78.4 cm³/mol. The fraction of sp³-hybridized carbons (Fsp3) is 0.800. The molecule has 0 aromatic rings. The molecule has 1 heterocycles. The summed E-state index contributed by atoms with van der Waals surface area (Å²) in [6, 6.07) is -1.04. The van der Waals surface area contributed by atoms with Crippen LogP contribution in [0.2, 0.25) is 0 Å². The lowest BCUT2D eigenvalue weighted by Crippen LogP contribution is -2.51. The smallest absolute Gasteiger partial charge is 0.336 e. The fourth-order valence-electron chi connectivity index (χ4n) is 2.21. The molecule has 0 spiro atoms. The second-order valence-electron chi connectivity index (χ2n) is 5.78. The Labute approximate surface area is 126 Å². The number of carbonyl (C=O) groups excluding carboxylic acids is 3. The second kappa shape index (κ2) is 8.77. The quantitative estimate of drug-likeness (QED) is 0.544. The van der Waals surface area contributed by atoms with Crippen LogP contribution >= 0.6 is 0 Å². The highest BCUT2D eigenvalue weighted by atomic mass is 16.6. The van der Waals surface area contributed by atoms with Crippen LogP contribution in [0.5, 0.6) is 0 Å². The third-order valence-corrected chi connectivity index (χ3v) is 3.54. The van der Waals surface area contributed by atoms with Crippen LogP contribution in [0.15, 0.2) is 0 Å². The van der Waals surface area contributed by atoms with Crippen molar-refractivity contribution in [1.29, 1.82) is 0 Å². The van der Waals surface area contributed by atoms with E-state index in [-0.39, 0.29) is 24.3 Å². The SMILES string of the molecule is CCCCC(=O)OC(=O)[C@@H](NC(=O)[C@@H]1CCCN1)C(C)C. The maximum absolute atomic E-state index is 12.1. The van der Waals surface area contributed by atoms with Crippen LogP contribution in [0, 0.1) is 5.92 Å². The van der Waals surface area contributed by atoms with Crippen LogP contribution in [-0.4, -0.2) is 36.5 Å². The van der Waals surface area contributed by atoms with Crippen LogP contribution < -0.4 is 10.6 Å². The van der Waals surface area contributed by atoms with E-state index in [2.05, 4.69) is 10.6 Å². The van der Waals surface area contributed by atoms with Gasteiger partial charge in [0.1, 0.15) is 6.04 Å². The minimum atomic E-state index is -0.787. The predicted octanol–water partition coefficient (Wildman–Crippen LogP) is 1.14. The topological polar surface area (TPSA) is 84.5 Å². The number of unbranched alkanes of at least 4 members (excludes halogenated alkanes) is 1. The average molecular weight is 298 g/mol. The van der Waals surface area contributed by atoms with E-state index in [9.17, 15) is 14.4 Å². The van der Waals surface area contributed by atoms with E-state index in [1.807, 2.05) is 20.8 Å². The Bertz CT molecular complexity index is 376. The summed E-state index contributed by atoms with van der Waals surface area (Å²) >= 11 is 0. The Morgan fingerprint density at radius 1 is 1.33 bits per heavy atom. The highest BCUT2D eigenvalue weighted by Crippen LogP contribution is 2.09. The molecule has 1 fully saturated rings. The maximum Gasteiger partial charge on any atom is 0.336 e. The van der Waals surface area contributed by atoms with Gasteiger partial charge in [0.2, 0.25) is 5.91 Å². The molecule has 0 aliphatic carbocycles. The Morgan fingerprint density at radius 3 is 2.57 bits per heavy atom. The summed E-state index contributed by atoms with van der Waals surface area (Å²) in [5.74, 6) is -1.54. The highest BCUT2D eigenvalue weighted by molar-refractivity contribution is 5.92. The molecule has 1 rings (SSSR count). The summed E-state index contributed by atoms with van der Waals surface area (Å²) < 4.78 is 4.83. The lowest BCUT2D eigenvalue weighted by Gasteiger charge is -2.22. The zero-order valence-electron chi connectivity index (χ0n) is 13.1. The monoisotopic (exact) mass is 298 g/mol. The number of hydrogen-bond donors (Lipinski definition) is 2. The lowest BCUT2D eigenvalue weighted by atomic mass is 10.0. The van der Waals surface area contributed by atoms with E-state index in [0.29, 0.717) is 6.42 Å². The zero-order valence-corrected chi connectivity index (χ0v) is 13.1. The van der Waals surface area contributed by atoms with Crippen molar-refractivity contribution in [2.24, 2.45) is 5.92 Å². The van der Waals surface area contributed by atoms with Crippen molar-refractivity contribution in [3.05, 3.63) is 0 Å². The minimum Gasteiger partial charge on any atom is -0.392 e. The van der Waals surface area contributed by atoms with Crippen LogP contribution in [0.4, 0.5) is 0 Å². The number of rotatable bonds is 7. The molecule has 0 aromatic carbocycles. The van der Waals surface area contributed by atoms with Gasteiger partial charge in [-0.15, -0.1) is 0 Å². The molecule has 0 unspecified atom stereocenters. The van der Waals surface area contributed by atoms with Crippen molar-refractivity contribution < 1.29 is 19.1 Å². The van der Waals surface area contributed by atoms with Crippen molar-refractivity contribution in [2.75, 3.05) is 6.54 Å². The van der Waals surface area contributed by atoms with E-state index in [1.54, 1.807) is 0 Å². The van der Waals surface area contributed by atoms with Gasteiger partial charge < -0.3 is 15.4 Å². The highest BCUT2D eigenvalue weighted by Gasteiger charge is 2.31. The number of amides is 1. The Hall–Kier alpha value is -1.43. The van der Waals surface area contributed by atoms with Crippen LogP contribution in [-0.2, 0) is 19.1 Å². The third kappa shape index (κ3) is 5.83. The van der Waals surface area contributed by atoms with E-state index in [1.165, 1.54) is 0 Å². The van der Waals surface area contributed by atoms with Gasteiger partial charge in [0.25, 0.3) is 0 Å². The summed E-state index contributed by atoms with van der Waals surface area (Å²) in [5.41, 5.74) is 0. The molecule has 2 N–H and O–H groups in total. The number of ether oxygens (including phenoxy) is 1. The first-order chi connectivity index (χ1) is 9.95. The van der Waals surface area contributed by atoms with Crippen molar-refractivity contribution in [1.82, 2.24) is 10.6 Å². The molecule has 0 bridgehead atoms. The summed E-state index contributed by atoms with van der Waals surface area (Å²) in [6.45, 7) is 6.39. The molecule has 0 saturated carbocycles. The zero-order chi connectivity index (χ0) is 15.8. The average Bonchev–Trinajstić information content (AvgIpc) is 2.95. The van der Waals surface area contributed by atoms with Crippen LogP contribution in [0.3, 0.4) is 0 Å². The summed E-state index contributed by atoms with van der Waals surface area (Å²) in [6.07, 6.45) is 3.49. The van der Waals surface area contributed by atoms with E-state index in [4.69, 9.17) is 4.74 Å². The van der Waals surface area contributed by atoms with Crippen LogP contribution in [0.1, 0.15) is 52.9 Å². The van der Waals surface area contributed by atoms with Crippen LogP contribution in [0.25, 0.3) is 0 Å². The van der Waals surface area contributed by atoms with Crippen molar-refractivity contribution >= 4 is 17.8 Å². The molecule has 0 radical (unpaired) electrons. The second-order valence-corrected chi connectivity index (χ2v) is 5.78.